The number of carboxylic acid groups (broad SMARTS) is 1. The molecule has 0 aliphatic carbocycles. The molecule has 3 rings (SSSR count). The molecule has 0 amide bonds. The highest BCUT2D eigenvalue weighted by atomic mass is 16.5. The van der Waals surface area contributed by atoms with Crippen molar-refractivity contribution in [2.24, 2.45) is 0 Å². The monoisotopic (exact) mass is 363 g/mol. The largest absolute Gasteiger partial charge is 0.493 e. The van der Waals surface area contributed by atoms with Gasteiger partial charge in [0.05, 0.1) is 30.0 Å². The number of ether oxygens (including phenoxy) is 2. The maximum absolute atomic E-state index is 11.6. The average Bonchev–Trinajstić information content (AvgIpc) is 2.65. The van der Waals surface area contributed by atoms with E-state index in [-0.39, 0.29) is 11.7 Å². The van der Waals surface area contributed by atoms with Gasteiger partial charge in [-0.05, 0) is 44.2 Å². The Kier molecular flexibility index (Phi) is 5.41. The molecule has 1 N–H and O–H groups in total. The molecule has 5 heteroatoms. The van der Waals surface area contributed by atoms with Crippen molar-refractivity contribution in [3.8, 4) is 11.5 Å². The van der Waals surface area contributed by atoms with Gasteiger partial charge in [-0.15, -0.1) is 0 Å². The van der Waals surface area contributed by atoms with Gasteiger partial charge in [0.1, 0.15) is 0 Å². The molecular formula is C22H21NO4. The number of benzene rings is 2. The van der Waals surface area contributed by atoms with Gasteiger partial charge in [0, 0.05) is 10.9 Å². The number of aromatic carboxylic acids is 1. The summed E-state index contributed by atoms with van der Waals surface area (Å²) < 4.78 is 11.3. The molecule has 0 bridgehead atoms. The van der Waals surface area contributed by atoms with Crippen molar-refractivity contribution in [3.63, 3.8) is 0 Å². The van der Waals surface area contributed by atoms with Crippen LogP contribution in [0.15, 0.2) is 48.5 Å². The van der Waals surface area contributed by atoms with Gasteiger partial charge in [-0.1, -0.05) is 30.3 Å². The van der Waals surface area contributed by atoms with Crippen LogP contribution in [0.3, 0.4) is 0 Å². The smallest absolute Gasteiger partial charge is 0.336 e. The van der Waals surface area contributed by atoms with Crippen molar-refractivity contribution in [1.82, 2.24) is 4.98 Å². The fourth-order valence-corrected chi connectivity index (χ4v) is 2.82. The minimum absolute atomic E-state index is 0.00847. The molecule has 0 saturated heterocycles. The lowest BCUT2D eigenvalue weighted by molar-refractivity contribution is 0.0699. The molecule has 1 heterocycles. The molecule has 0 atom stereocenters. The van der Waals surface area contributed by atoms with Crippen LogP contribution in [0, 0.1) is 0 Å². The summed E-state index contributed by atoms with van der Waals surface area (Å²) >= 11 is 0. The number of aromatic nitrogens is 1. The van der Waals surface area contributed by atoms with Gasteiger partial charge in [-0.3, -0.25) is 0 Å². The third-order valence-corrected chi connectivity index (χ3v) is 3.98. The van der Waals surface area contributed by atoms with E-state index < -0.39 is 5.97 Å². The molecule has 3 aromatic rings. The third kappa shape index (κ3) is 4.08. The molecule has 2 aromatic carbocycles. The molecular weight excluding hydrogens is 342 g/mol. The Hall–Kier alpha value is -3.34. The highest BCUT2D eigenvalue weighted by Gasteiger charge is 2.12. The lowest BCUT2D eigenvalue weighted by atomic mass is 10.1. The Morgan fingerprint density at radius 1 is 1.11 bits per heavy atom. The molecule has 0 aliphatic heterocycles. The topological polar surface area (TPSA) is 68.7 Å². The molecule has 138 valence electrons. The molecule has 0 aliphatic rings. The molecule has 0 radical (unpaired) electrons. The van der Waals surface area contributed by atoms with Crippen LogP contribution >= 0.6 is 0 Å². The Morgan fingerprint density at radius 3 is 2.59 bits per heavy atom. The molecule has 0 fully saturated rings. The number of pyridine rings is 1. The van der Waals surface area contributed by atoms with Crippen LogP contribution < -0.4 is 9.47 Å². The van der Waals surface area contributed by atoms with Crippen molar-refractivity contribution in [3.05, 3.63) is 65.4 Å². The van der Waals surface area contributed by atoms with Gasteiger partial charge < -0.3 is 14.6 Å². The maximum Gasteiger partial charge on any atom is 0.336 e. The predicted molar refractivity (Wildman–Crippen MR) is 106 cm³/mol. The summed E-state index contributed by atoms with van der Waals surface area (Å²) in [6, 6.07) is 14.4. The predicted octanol–water partition coefficient (Wildman–Crippen LogP) is 4.90. The van der Waals surface area contributed by atoms with Gasteiger partial charge in [0.15, 0.2) is 11.5 Å². The standard InChI is InChI=1S/C22H21NO4/c1-14(2)27-21-15(7-6-10-20(21)26-3)11-12-16-13-18(22(24)25)17-8-4-5-9-19(17)23-16/h4-14H,1-3H3,(H,24,25)/b12-11+. The van der Waals surface area contributed by atoms with Crippen molar-refractivity contribution >= 4 is 29.0 Å². The number of nitrogens with zero attached hydrogens (tertiary/aromatic N) is 1. The van der Waals surface area contributed by atoms with E-state index in [9.17, 15) is 9.90 Å². The first-order chi connectivity index (χ1) is 13.0. The van der Waals surface area contributed by atoms with Crippen molar-refractivity contribution in [1.29, 1.82) is 0 Å². The molecule has 27 heavy (non-hydrogen) atoms. The fraction of sp³-hybridized carbons (Fsp3) is 0.182. The summed E-state index contributed by atoms with van der Waals surface area (Å²) in [6.07, 6.45) is 3.62. The van der Waals surface area contributed by atoms with E-state index >= 15 is 0 Å². The van der Waals surface area contributed by atoms with Crippen LogP contribution in [0.1, 0.15) is 35.5 Å². The van der Waals surface area contributed by atoms with Crippen molar-refractivity contribution in [2.75, 3.05) is 7.11 Å². The molecule has 0 unspecified atom stereocenters. The van der Waals surface area contributed by atoms with Crippen molar-refractivity contribution in [2.45, 2.75) is 20.0 Å². The van der Waals surface area contributed by atoms with E-state index in [0.717, 1.165) is 5.56 Å². The first-order valence-electron chi connectivity index (χ1n) is 8.64. The average molecular weight is 363 g/mol. The number of carboxylic acids is 1. The molecule has 5 nitrogen and oxygen atoms in total. The number of methoxy groups -OCH3 is 1. The number of carbonyl (C=O) groups is 1. The van der Waals surface area contributed by atoms with Gasteiger partial charge in [-0.25, -0.2) is 9.78 Å². The third-order valence-electron chi connectivity index (χ3n) is 3.98. The summed E-state index contributed by atoms with van der Waals surface area (Å²) in [5.41, 5.74) is 2.25. The summed E-state index contributed by atoms with van der Waals surface area (Å²) in [7, 11) is 1.60. The number of hydrogen-bond acceptors (Lipinski definition) is 4. The summed E-state index contributed by atoms with van der Waals surface area (Å²) in [6.45, 7) is 3.90. The quantitative estimate of drug-likeness (QED) is 0.675. The second-order valence-electron chi connectivity index (χ2n) is 6.30. The Balaban J connectivity index is 2.05. The Bertz CT molecular complexity index is 1010. The zero-order valence-electron chi connectivity index (χ0n) is 15.5. The minimum atomic E-state index is -0.978. The Morgan fingerprint density at radius 2 is 1.89 bits per heavy atom. The van der Waals surface area contributed by atoms with Crippen LogP contribution in [0.4, 0.5) is 0 Å². The minimum Gasteiger partial charge on any atom is -0.493 e. The first kappa shape index (κ1) is 18.5. The maximum atomic E-state index is 11.6. The van der Waals surface area contributed by atoms with Crippen LogP contribution in [0.25, 0.3) is 23.1 Å². The second kappa shape index (κ2) is 7.91. The lowest BCUT2D eigenvalue weighted by Crippen LogP contribution is -2.07. The summed E-state index contributed by atoms with van der Waals surface area (Å²) in [4.78, 5) is 16.2. The van der Waals surface area contributed by atoms with Gasteiger partial charge in [0.25, 0.3) is 0 Å². The van der Waals surface area contributed by atoms with Gasteiger partial charge >= 0.3 is 5.97 Å². The van der Waals surface area contributed by atoms with E-state index in [1.807, 2.05) is 44.2 Å². The highest BCUT2D eigenvalue weighted by Crippen LogP contribution is 2.33. The fourth-order valence-electron chi connectivity index (χ4n) is 2.82. The van der Waals surface area contributed by atoms with E-state index in [4.69, 9.17) is 9.47 Å². The normalized spacial score (nSPS) is 11.3. The lowest BCUT2D eigenvalue weighted by Gasteiger charge is -2.15. The Labute approximate surface area is 157 Å². The molecule has 1 aromatic heterocycles. The van der Waals surface area contributed by atoms with Crippen LogP contribution in [-0.4, -0.2) is 29.3 Å². The van der Waals surface area contributed by atoms with Gasteiger partial charge in [0.2, 0.25) is 0 Å². The van der Waals surface area contributed by atoms with Crippen LogP contribution in [0.2, 0.25) is 0 Å². The van der Waals surface area contributed by atoms with Gasteiger partial charge in [-0.2, -0.15) is 0 Å². The summed E-state index contributed by atoms with van der Waals surface area (Å²) in [5.74, 6) is 0.308. The summed E-state index contributed by atoms with van der Waals surface area (Å²) in [5, 5.41) is 10.1. The van der Waals surface area contributed by atoms with Crippen LogP contribution in [0.5, 0.6) is 11.5 Å². The van der Waals surface area contributed by atoms with Crippen LogP contribution in [-0.2, 0) is 0 Å². The zero-order chi connectivity index (χ0) is 19.4. The van der Waals surface area contributed by atoms with E-state index in [2.05, 4.69) is 4.98 Å². The molecule has 0 spiro atoms. The van der Waals surface area contributed by atoms with Crippen molar-refractivity contribution < 1.29 is 19.4 Å². The first-order valence-corrected chi connectivity index (χ1v) is 8.64. The van der Waals surface area contributed by atoms with E-state index in [1.165, 1.54) is 0 Å². The SMILES string of the molecule is COc1cccc(/C=C/c2cc(C(=O)O)c3ccccc3n2)c1OC(C)C. The number of hydrogen-bond donors (Lipinski definition) is 1. The zero-order valence-corrected chi connectivity index (χ0v) is 15.5. The van der Waals surface area contributed by atoms with E-state index in [1.54, 1.807) is 37.5 Å². The van der Waals surface area contributed by atoms with E-state index in [0.29, 0.717) is 28.1 Å². The number of fused-ring (bicyclic) bond motifs is 1. The number of rotatable bonds is 6. The highest BCUT2D eigenvalue weighted by molar-refractivity contribution is 6.03. The number of para-hydroxylation sites is 2. The second-order valence-corrected chi connectivity index (χ2v) is 6.30. The molecule has 0 saturated carbocycles.